The highest BCUT2D eigenvalue weighted by molar-refractivity contribution is 5.98. The zero-order chi connectivity index (χ0) is 25.7. The molecule has 0 aliphatic rings. The Labute approximate surface area is 209 Å². The number of nitrogen functional groups attached to an aromatic ring is 1. The number of fused-ring (bicyclic) bond motifs is 2. The van der Waals surface area contributed by atoms with Crippen LogP contribution in [0.15, 0.2) is 88.3 Å². The summed E-state index contributed by atoms with van der Waals surface area (Å²) in [6.45, 7) is 1.82. The predicted molar refractivity (Wildman–Crippen MR) is 139 cm³/mol. The van der Waals surface area contributed by atoms with E-state index in [4.69, 9.17) is 15.2 Å². The van der Waals surface area contributed by atoms with Gasteiger partial charge in [-0.15, -0.1) is 0 Å². The van der Waals surface area contributed by atoms with Gasteiger partial charge in [-0.25, -0.2) is 19.0 Å². The highest BCUT2D eigenvalue weighted by atomic mass is 19.1. The van der Waals surface area contributed by atoms with Crippen LogP contribution in [0.25, 0.3) is 44.4 Å². The monoisotopic (exact) mass is 493 g/mol. The van der Waals surface area contributed by atoms with Crippen molar-refractivity contribution in [1.29, 1.82) is 0 Å². The molecule has 6 aromatic rings. The Hall–Kier alpha value is -5.05. The van der Waals surface area contributed by atoms with Gasteiger partial charge in [0, 0.05) is 5.56 Å². The van der Waals surface area contributed by atoms with E-state index < -0.39 is 11.9 Å². The molecule has 6 rings (SSSR count). The Bertz CT molecular complexity index is 1860. The van der Waals surface area contributed by atoms with Crippen LogP contribution in [-0.2, 0) is 0 Å². The van der Waals surface area contributed by atoms with Crippen LogP contribution < -0.4 is 11.2 Å². The van der Waals surface area contributed by atoms with Crippen LogP contribution in [0.4, 0.5) is 10.2 Å². The zero-order valence-electron chi connectivity index (χ0n) is 19.6. The van der Waals surface area contributed by atoms with E-state index in [1.54, 1.807) is 65.3 Å². The first-order valence-electron chi connectivity index (χ1n) is 11.5. The number of anilines is 1. The average molecular weight is 493 g/mol. The van der Waals surface area contributed by atoms with Gasteiger partial charge in [-0.05, 0) is 61.0 Å². The number of nitrogens with two attached hydrogens (primary N) is 1. The third kappa shape index (κ3) is 3.68. The number of hydrogen-bond donors (Lipinski definition) is 2. The molecule has 1 atom stereocenters. The zero-order valence-corrected chi connectivity index (χ0v) is 19.6. The smallest absolute Gasteiger partial charge is 0.200 e. The summed E-state index contributed by atoms with van der Waals surface area (Å²) in [6.07, 6.45) is 1.34. The molecule has 9 heteroatoms. The van der Waals surface area contributed by atoms with E-state index in [9.17, 15) is 14.3 Å². The molecule has 8 nitrogen and oxygen atoms in total. The van der Waals surface area contributed by atoms with Crippen molar-refractivity contribution in [2.45, 2.75) is 13.0 Å². The van der Waals surface area contributed by atoms with Crippen LogP contribution in [0.3, 0.4) is 0 Å². The van der Waals surface area contributed by atoms with Gasteiger partial charge in [-0.2, -0.15) is 5.10 Å². The molecule has 0 saturated heterocycles. The molecule has 3 aromatic carbocycles. The summed E-state index contributed by atoms with van der Waals surface area (Å²) < 4.78 is 22.1. The van der Waals surface area contributed by atoms with Gasteiger partial charge in [0.15, 0.2) is 5.65 Å². The fourth-order valence-corrected chi connectivity index (χ4v) is 4.57. The van der Waals surface area contributed by atoms with Crippen LogP contribution in [0.5, 0.6) is 5.75 Å². The van der Waals surface area contributed by atoms with Gasteiger partial charge in [0.1, 0.15) is 46.8 Å². The number of halogens is 1. The molecule has 0 aliphatic carbocycles. The van der Waals surface area contributed by atoms with E-state index in [2.05, 4.69) is 9.97 Å². The van der Waals surface area contributed by atoms with Gasteiger partial charge in [0.25, 0.3) is 0 Å². The molecule has 0 saturated carbocycles. The Morgan fingerprint density at radius 1 is 1.00 bits per heavy atom. The molecular weight excluding hydrogens is 473 g/mol. The molecule has 0 amide bonds. The quantitative estimate of drug-likeness (QED) is 0.342. The van der Waals surface area contributed by atoms with Gasteiger partial charge >= 0.3 is 0 Å². The third-order valence-corrected chi connectivity index (χ3v) is 6.34. The summed E-state index contributed by atoms with van der Waals surface area (Å²) in [5.41, 5.74) is 8.64. The largest absolute Gasteiger partial charge is 0.508 e. The summed E-state index contributed by atoms with van der Waals surface area (Å²) in [4.78, 5) is 22.3. The fraction of sp³-hybridized carbons (Fsp3) is 0.0714. The van der Waals surface area contributed by atoms with E-state index in [0.29, 0.717) is 44.6 Å². The Morgan fingerprint density at radius 3 is 2.57 bits per heavy atom. The number of hydrogen-bond acceptors (Lipinski definition) is 7. The molecule has 0 bridgehead atoms. The first kappa shape index (κ1) is 22.4. The summed E-state index contributed by atoms with van der Waals surface area (Å²) in [5, 5.41) is 15.5. The second-order valence-corrected chi connectivity index (χ2v) is 8.65. The molecule has 37 heavy (non-hydrogen) atoms. The van der Waals surface area contributed by atoms with E-state index in [-0.39, 0.29) is 22.6 Å². The molecule has 0 fully saturated rings. The minimum atomic E-state index is -0.641. The van der Waals surface area contributed by atoms with Crippen molar-refractivity contribution in [3.05, 3.63) is 101 Å². The number of phenols is 1. The van der Waals surface area contributed by atoms with Gasteiger partial charge in [-0.1, -0.05) is 24.3 Å². The Morgan fingerprint density at radius 2 is 1.78 bits per heavy atom. The minimum Gasteiger partial charge on any atom is -0.508 e. The normalized spacial score (nSPS) is 12.3. The van der Waals surface area contributed by atoms with Crippen LogP contribution >= 0.6 is 0 Å². The molecule has 0 radical (unpaired) electrons. The lowest BCUT2D eigenvalue weighted by Gasteiger charge is -2.17. The van der Waals surface area contributed by atoms with Crippen LogP contribution in [-0.4, -0.2) is 24.9 Å². The number of aromatic nitrogens is 4. The van der Waals surface area contributed by atoms with Crippen molar-refractivity contribution in [3.63, 3.8) is 0 Å². The fourth-order valence-electron chi connectivity index (χ4n) is 4.57. The van der Waals surface area contributed by atoms with Gasteiger partial charge < -0.3 is 15.3 Å². The second-order valence-electron chi connectivity index (χ2n) is 8.65. The van der Waals surface area contributed by atoms with E-state index in [1.807, 2.05) is 6.92 Å². The summed E-state index contributed by atoms with van der Waals surface area (Å²) in [6, 6.07) is 18.7. The molecule has 3 N–H and O–H groups in total. The number of para-hydroxylation sites is 1. The summed E-state index contributed by atoms with van der Waals surface area (Å²) >= 11 is 0. The van der Waals surface area contributed by atoms with E-state index in [1.165, 1.54) is 18.5 Å². The van der Waals surface area contributed by atoms with Crippen molar-refractivity contribution in [2.24, 2.45) is 0 Å². The van der Waals surface area contributed by atoms with Crippen LogP contribution in [0, 0.1) is 5.82 Å². The van der Waals surface area contributed by atoms with Gasteiger partial charge in [-0.3, -0.25) is 4.79 Å². The lowest BCUT2D eigenvalue weighted by Crippen LogP contribution is -2.16. The summed E-state index contributed by atoms with van der Waals surface area (Å²) in [5.74, 6) is 0.177. The number of nitrogens with zero attached hydrogens (tertiary/aromatic N) is 4. The molecule has 0 aliphatic heterocycles. The topological polar surface area (TPSA) is 120 Å². The number of phenolic OH excluding ortho intramolecular Hbond substituents is 1. The number of rotatable bonds is 4. The molecular formula is C28H20FN5O3. The molecule has 3 heterocycles. The number of aromatic hydroxyl groups is 1. The maximum Gasteiger partial charge on any atom is 0.200 e. The Kier molecular flexibility index (Phi) is 5.19. The molecule has 3 aromatic heterocycles. The summed E-state index contributed by atoms with van der Waals surface area (Å²) in [7, 11) is 0. The first-order chi connectivity index (χ1) is 17.9. The molecule has 182 valence electrons. The van der Waals surface area contributed by atoms with Crippen LogP contribution in [0.2, 0.25) is 0 Å². The van der Waals surface area contributed by atoms with E-state index >= 15 is 0 Å². The predicted octanol–water partition coefficient (Wildman–Crippen LogP) is 5.30. The van der Waals surface area contributed by atoms with Crippen molar-refractivity contribution in [3.8, 4) is 28.1 Å². The Balaban J connectivity index is 1.64. The second kappa shape index (κ2) is 8.56. The van der Waals surface area contributed by atoms with E-state index in [0.717, 1.165) is 0 Å². The van der Waals surface area contributed by atoms with Crippen molar-refractivity contribution in [1.82, 2.24) is 19.7 Å². The SMILES string of the molecule is CC(c1oc2ccccc2c(=O)c1-c1cccc(F)c1)n1nc(-c2ccc(O)cc2)c2c(N)ncnc21. The lowest BCUT2D eigenvalue weighted by molar-refractivity contribution is 0.446. The standard InChI is InChI=1S/C28H20FN5O3/c1-15(34-28-23(27(30)31-14-32-28)24(33-34)16-9-11-19(35)12-10-16)26-22(17-5-4-6-18(29)13-17)25(36)20-7-2-3-8-21(20)37-26/h2-15,35H,1H3,(H2,30,31,32). The lowest BCUT2D eigenvalue weighted by atomic mass is 9.99. The minimum absolute atomic E-state index is 0.114. The third-order valence-electron chi connectivity index (χ3n) is 6.34. The molecule has 1 unspecified atom stereocenters. The maximum atomic E-state index is 14.2. The van der Waals surface area contributed by atoms with Crippen molar-refractivity contribution >= 4 is 27.8 Å². The van der Waals surface area contributed by atoms with Gasteiger partial charge in [0.2, 0.25) is 5.43 Å². The number of benzene rings is 3. The highest BCUT2D eigenvalue weighted by Gasteiger charge is 2.27. The van der Waals surface area contributed by atoms with Crippen LogP contribution in [0.1, 0.15) is 18.7 Å². The van der Waals surface area contributed by atoms with Crippen molar-refractivity contribution in [2.75, 3.05) is 5.73 Å². The maximum absolute atomic E-state index is 14.2. The molecule has 0 spiro atoms. The average Bonchev–Trinajstić information content (AvgIpc) is 3.29. The van der Waals surface area contributed by atoms with Crippen molar-refractivity contribution < 1.29 is 13.9 Å². The van der Waals surface area contributed by atoms with Gasteiger partial charge in [0.05, 0.1) is 16.3 Å². The highest BCUT2D eigenvalue weighted by Crippen LogP contribution is 2.36. The first-order valence-corrected chi connectivity index (χ1v) is 11.5.